The lowest BCUT2D eigenvalue weighted by Crippen LogP contribution is -2.19. The van der Waals surface area contributed by atoms with Crippen molar-refractivity contribution in [3.63, 3.8) is 0 Å². The molecule has 0 bridgehead atoms. The van der Waals surface area contributed by atoms with Crippen molar-refractivity contribution in [1.82, 2.24) is 4.98 Å². The molecular formula is C16H16ClNO2. The lowest BCUT2D eigenvalue weighted by molar-refractivity contribution is -0.141. The molecule has 1 N–H and O–H groups in total. The molecule has 0 aliphatic carbocycles. The predicted molar refractivity (Wildman–Crippen MR) is 79.0 cm³/mol. The summed E-state index contributed by atoms with van der Waals surface area (Å²) in [6, 6.07) is 9.70. The number of rotatable bonds is 5. The zero-order valence-corrected chi connectivity index (χ0v) is 12.0. The van der Waals surface area contributed by atoms with Crippen LogP contribution in [-0.2, 0) is 17.6 Å². The third-order valence-electron chi connectivity index (χ3n) is 3.27. The smallest absolute Gasteiger partial charge is 0.307 e. The zero-order chi connectivity index (χ0) is 14.5. The maximum atomic E-state index is 11.4. The monoisotopic (exact) mass is 289 g/mol. The molecule has 1 unspecified atom stereocenters. The largest absolute Gasteiger partial charge is 0.481 e. The summed E-state index contributed by atoms with van der Waals surface area (Å²) < 4.78 is 0. The van der Waals surface area contributed by atoms with Crippen LogP contribution in [0.5, 0.6) is 0 Å². The lowest BCUT2D eigenvalue weighted by atomic mass is 9.93. The van der Waals surface area contributed by atoms with Gasteiger partial charge in [-0.05, 0) is 37.0 Å². The zero-order valence-electron chi connectivity index (χ0n) is 11.2. The van der Waals surface area contributed by atoms with Crippen LogP contribution < -0.4 is 0 Å². The van der Waals surface area contributed by atoms with Crippen molar-refractivity contribution in [2.45, 2.75) is 19.8 Å². The van der Waals surface area contributed by atoms with Gasteiger partial charge in [-0.1, -0.05) is 41.4 Å². The van der Waals surface area contributed by atoms with Crippen molar-refractivity contribution in [2.24, 2.45) is 5.92 Å². The molecule has 2 aromatic rings. The van der Waals surface area contributed by atoms with E-state index in [1.54, 1.807) is 18.5 Å². The highest BCUT2D eigenvalue weighted by atomic mass is 35.5. The topological polar surface area (TPSA) is 50.2 Å². The minimum Gasteiger partial charge on any atom is -0.481 e. The van der Waals surface area contributed by atoms with Crippen LogP contribution in [0.4, 0.5) is 0 Å². The van der Waals surface area contributed by atoms with Gasteiger partial charge in [-0.3, -0.25) is 9.78 Å². The normalized spacial score (nSPS) is 12.1. The number of nitrogens with zero attached hydrogens (tertiary/aromatic N) is 1. The Morgan fingerprint density at radius 3 is 2.55 bits per heavy atom. The molecule has 0 radical (unpaired) electrons. The van der Waals surface area contributed by atoms with Crippen LogP contribution in [0.1, 0.15) is 16.7 Å². The van der Waals surface area contributed by atoms with Gasteiger partial charge in [0.25, 0.3) is 0 Å². The molecule has 1 heterocycles. The van der Waals surface area contributed by atoms with Crippen molar-refractivity contribution in [3.05, 3.63) is 64.4 Å². The molecule has 0 fully saturated rings. The highest BCUT2D eigenvalue weighted by Crippen LogP contribution is 2.20. The van der Waals surface area contributed by atoms with Gasteiger partial charge < -0.3 is 5.11 Å². The molecule has 20 heavy (non-hydrogen) atoms. The van der Waals surface area contributed by atoms with Gasteiger partial charge in [-0.15, -0.1) is 0 Å². The number of pyridine rings is 1. The number of carbonyl (C=O) groups is 1. The van der Waals surface area contributed by atoms with E-state index in [0.29, 0.717) is 17.9 Å². The number of carboxylic acids is 1. The number of benzene rings is 1. The number of carboxylic acid groups (broad SMARTS) is 1. The summed E-state index contributed by atoms with van der Waals surface area (Å²) in [6.07, 6.45) is 4.08. The Labute approximate surface area is 123 Å². The van der Waals surface area contributed by atoms with Gasteiger partial charge in [-0.25, -0.2) is 0 Å². The van der Waals surface area contributed by atoms with Crippen molar-refractivity contribution in [3.8, 4) is 0 Å². The number of hydrogen-bond donors (Lipinski definition) is 1. The van der Waals surface area contributed by atoms with Crippen LogP contribution in [0.15, 0.2) is 42.7 Å². The highest BCUT2D eigenvalue weighted by Gasteiger charge is 2.19. The Morgan fingerprint density at radius 2 is 1.95 bits per heavy atom. The molecule has 2 rings (SSSR count). The van der Waals surface area contributed by atoms with Crippen molar-refractivity contribution >= 4 is 17.6 Å². The van der Waals surface area contributed by atoms with Gasteiger partial charge in [-0.2, -0.15) is 0 Å². The Hall–Kier alpha value is -1.87. The maximum Gasteiger partial charge on any atom is 0.307 e. The number of hydrogen-bond acceptors (Lipinski definition) is 2. The molecule has 104 valence electrons. The number of aromatic nitrogens is 1. The minimum atomic E-state index is -0.807. The fourth-order valence-corrected chi connectivity index (χ4v) is 2.29. The highest BCUT2D eigenvalue weighted by molar-refractivity contribution is 6.31. The predicted octanol–water partition coefficient (Wildman–Crippen LogP) is 3.53. The fourth-order valence-electron chi connectivity index (χ4n) is 2.09. The molecule has 1 atom stereocenters. The summed E-state index contributed by atoms with van der Waals surface area (Å²) in [7, 11) is 0. The lowest BCUT2D eigenvalue weighted by Gasteiger charge is -2.13. The van der Waals surface area contributed by atoms with E-state index >= 15 is 0 Å². The minimum absolute atomic E-state index is 0.407. The molecule has 0 aliphatic heterocycles. The number of aryl methyl sites for hydroxylation is 1. The fraction of sp³-hybridized carbons (Fsp3) is 0.250. The first-order valence-electron chi connectivity index (χ1n) is 6.43. The van der Waals surface area contributed by atoms with Crippen LogP contribution in [-0.4, -0.2) is 16.1 Å². The summed E-state index contributed by atoms with van der Waals surface area (Å²) in [5, 5.41) is 9.90. The van der Waals surface area contributed by atoms with E-state index in [2.05, 4.69) is 4.98 Å². The first-order valence-corrected chi connectivity index (χ1v) is 6.81. The number of aliphatic carboxylic acids is 1. The SMILES string of the molecule is Cc1ccc(CC(Cc2ccncc2Cl)C(=O)O)cc1. The second-order valence-corrected chi connectivity index (χ2v) is 5.30. The second-order valence-electron chi connectivity index (χ2n) is 4.90. The Morgan fingerprint density at radius 1 is 1.25 bits per heavy atom. The first-order chi connectivity index (χ1) is 9.56. The van der Waals surface area contributed by atoms with Crippen LogP contribution in [0.3, 0.4) is 0 Å². The van der Waals surface area contributed by atoms with Gasteiger partial charge in [0.05, 0.1) is 10.9 Å². The van der Waals surface area contributed by atoms with E-state index in [4.69, 9.17) is 11.6 Å². The van der Waals surface area contributed by atoms with Crippen LogP contribution in [0.2, 0.25) is 5.02 Å². The van der Waals surface area contributed by atoms with Gasteiger partial charge in [0, 0.05) is 12.4 Å². The molecule has 3 nitrogen and oxygen atoms in total. The third-order valence-corrected chi connectivity index (χ3v) is 3.62. The molecule has 0 amide bonds. The van der Waals surface area contributed by atoms with Gasteiger partial charge in [0.2, 0.25) is 0 Å². The molecule has 0 saturated heterocycles. The number of halogens is 1. The Bertz CT molecular complexity index is 596. The quantitative estimate of drug-likeness (QED) is 0.916. The summed E-state index contributed by atoms with van der Waals surface area (Å²) in [5.74, 6) is -1.30. The van der Waals surface area contributed by atoms with E-state index in [1.807, 2.05) is 31.2 Å². The Kier molecular flexibility index (Phi) is 4.74. The van der Waals surface area contributed by atoms with E-state index in [9.17, 15) is 9.90 Å². The maximum absolute atomic E-state index is 11.4. The van der Waals surface area contributed by atoms with Crippen LogP contribution >= 0.6 is 11.6 Å². The molecular weight excluding hydrogens is 274 g/mol. The van der Waals surface area contributed by atoms with Gasteiger partial charge >= 0.3 is 5.97 Å². The Balaban J connectivity index is 2.14. The third kappa shape index (κ3) is 3.81. The molecule has 1 aromatic carbocycles. The van der Waals surface area contributed by atoms with Crippen molar-refractivity contribution < 1.29 is 9.90 Å². The molecule has 4 heteroatoms. The average Bonchev–Trinajstić information content (AvgIpc) is 2.42. The summed E-state index contributed by atoms with van der Waals surface area (Å²) in [5.41, 5.74) is 3.01. The molecule has 0 saturated carbocycles. The standard InChI is InChI=1S/C16H16ClNO2/c1-11-2-4-12(5-3-11)8-14(16(19)20)9-13-6-7-18-10-15(13)17/h2-7,10,14H,8-9H2,1H3,(H,19,20). The second kappa shape index (κ2) is 6.53. The summed E-state index contributed by atoms with van der Waals surface area (Å²) in [4.78, 5) is 15.3. The van der Waals surface area contributed by atoms with Crippen molar-refractivity contribution in [2.75, 3.05) is 0 Å². The van der Waals surface area contributed by atoms with Gasteiger partial charge in [0.1, 0.15) is 0 Å². The van der Waals surface area contributed by atoms with E-state index in [1.165, 1.54) is 0 Å². The average molecular weight is 290 g/mol. The summed E-state index contributed by atoms with van der Waals surface area (Å²) in [6.45, 7) is 2.01. The molecule has 0 aliphatic rings. The van der Waals surface area contributed by atoms with Crippen LogP contribution in [0, 0.1) is 12.8 Å². The molecule has 0 spiro atoms. The van der Waals surface area contributed by atoms with Crippen molar-refractivity contribution in [1.29, 1.82) is 0 Å². The van der Waals surface area contributed by atoms with Gasteiger partial charge in [0.15, 0.2) is 0 Å². The van der Waals surface area contributed by atoms with E-state index in [0.717, 1.165) is 16.7 Å². The van der Waals surface area contributed by atoms with E-state index < -0.39 is 11.9 Å². The molecule has 1 aromatic heterocycles. The summed E-state index contributed by atoms with van der Waals surface area (Å²) >= 11 is 6.04. The first kappa shape index (κ1) is 14.5. The van der Waals surface area contributed by atoms with E-state index in [-0.39, 0.29) is 0 Å². The van der Waals surface area contributed by atoms with Crippen LogP contribution in [0.25, 0.3) is 0 Å².